The fourth-order valence-electron chi connectivity index (χ4n) is 2.75. The van der Waals surface area contributed by atoms with Gasteiger partial charge in [0.1, 0.15) is 13.2 Å². The summed E-state index contributed by atoms with van der Waals surface area (Å²) in [7, 11) is 0. The Morgan fingerprint density at radius 2 is 1.90 bits per heavy atom. The van der Waals surface area contributed by atoms with Crippen LogP contribution in [0.25, 0.3) is 0 Å². The summed E-state index contributed by atoms with van der Waals surface area (Å²) in [6.45, 7) is 8.66. The van der Waals surface area contributed by atoms with E-state index in [1.165, 1.54) is 20.9 Å². The van der Waals surface area contributed by atoms with Crippen LogP contribution >= 0.6 is 11.3 Å². The van der Waals surface area contributed by atoms with Gasteiger partial charge in [0, 0.05) is 9.75 Å². The number of rotatable bonds is 4. The zero-order valence-corrected chi connectivity index (χ0v) is 13.5. The molecule has 3 rings (SSSR count). The molecule has 0 saturated carbocycles. The molecule has 0 spiro atoms. The SMILES string of the molecule is CCNC(c1ccc2c(c1)OCCO2)c1sc(C)cc1C. The summed E-state index contributed by atoms with van der Waals surface area (Å²) in [6.07, 6.45) is 0. The summed E-state index contributed by atoms with van der Waals surface area (Å²) in [5.74, 6) is 1.70. The Morgan fingerprint density at radius 3 is 2.57 bits per heavy atom. The average molecular weight is 303 g/mol. The molecule has 1 N–H and O–H groups in total. The molecule has 1 aromatic heterocycles. The van der Waals surface area contributed by atoms with Crippen LogP contribution in [0.5, 0.6) is 11.5 Å². The number of benzene rings is 1. The molecule has 1 unspecified atom stereocenters. The Labute approximate surface area is 129 Å². The molecule has 3 nitrogen and oxygen atoms in total. The molecule has 21 heavy (non-hydrogen) atoms. The van der Waals surface area contributed by atoms with Gasteiger partial charge in [-0.3, -0.25) is 0 Å². The highest BCUT2D eigenvalue weighted by Gasteiger charge is 2.20. The first-order chi connectivity index (χ1) is 10.2. The van der Waals surface area contributed by atoms with Crippen LogP contribution in [0.3, 0.4) is 0 Å². The lowest BCUT2D eigenvalue weighted by molar-refractivity contribution is 0.171. The molecular formula is C17H21NO2S. The molecule has 1 aliphatic heterocycles. The minimum absolute atomic E-state index is 0.213. The van der Waals surface area contributed by atoms with Crippen LogP contribution in [0.15, 0.2) is 24.3 Å². The normalized spacial score (nSPS) is 15.0. The first-order valence-corrected chi connectivity index (χ1v) is 8.20. The molecule has 4 heteroatoms. The molecule has 0 bridgehead atoms. The van der Waals surface area contributed by atoms with Crippen LogP contribution < -0.4 is 14.8 Å². The van der Waals surface area contributed by atoms with E-state index in [1.807, 2.05) is 17.4 Å². The molecule has 1 atom stereocenters. The van der Waals surface area contributed by atoms with E-state index in [-0.39, 0.29) is 6.04 Å². The molecule has 0 fully saturated rings. The maximum atomic E-state index is 5.71. The molecular weight excluding hydrogens is 282 g/mol. The van der Waals surface area contributed by atoms with Gasteiger partial charge in [-0.2, -0.15) is 0 Å². The highest BCUT2D eigenvalue weighted by atomic mass is 32.1. The van der Waals surface area contributed by atoms with E-state index in [4.69, 9.17) is 9.47 Å². The van der Waals surface area contributed by atoms with Gasteiger partial charge in [-0.25, -0.2) is 0 Å². The monoisotopic (exact) mass is 303 g/mol. The summed E-state index contributed by atoms with van der Waals surface area (Å²) in [4.78, 5) is 2.73. The van der Waals surface area contributed by atoms with Crippen molar-refractivity contribution in [1.82, 2.24) is 5.32 Å². The van der Waals surface area contributed by atoms with Gasteiger partial charge < -0.3 is 14.8 Å². The third kappa shape index (κ3) is 2.92. The first kappa shape index (κ1) is 14.4. The molecule has 1 aromatic carbocycles. The Hall–Kier alpha value is -1.52. The van der Waals surface area contributed by atoms with Crippen molar-refractivity contribution in [3.8, 4) is 11.5 Å². The topological polar surface area (TPSA) is 30.5 Å². The van der Waals surface area contributed by atoms with Gasteiger partial charge in [0.2, 0.25) is 0 Å². The van der Waals surface area contributed by atoms with Crippen molar-refractivity contribution in [3.63, 3.8) is 0 Å². The van der Waals surface area contributed by atoms with Crippen LogP contribution in [-0.2, 0) is 0 Å². The van der Waals surface area contributed by atoms with Crippen molar-refractivity contribution >= 4 is 11.3 Å². The summed E-state index contributed by atoms with van der Waals surface area (Å²) in [5.41, 5.74) is 2.57. The van der Waals surface area contributed by atoms with Crippen molar-refractivity contribution in [2.75, 3.05) is 19.8 Å². The lowest BCUT2D eigenvalue weighted by atomic mass is 10.0. The van der Waals surface area contributed by atoms with Gasteiger partial charge in [-0.05, 0) is 49.7 Å². The predicted molar refractivity (Wildman–Crippen MR) is 86.7 cm³/mol. The Kier molecular flexibility index (Phi) is 4.17. The van der Waals surface area contributed by atoms with Crippen LogP contribution in [0.1, 0.15) is 33.8 Å². The number of hydrogen-bond donors (Lipinski definition) is 1. The second-order valence-electron chi connectivity index (χ2n) is 5.30. The third-order valence-electron chi connectivity index (χ3n) is 3.65. The zero-order valence-electron chi connectivity index (χ0n) is 12.7. The molecule has 2 aromatic rings. The summed E-state index contributed by atoms with van der Waals surface area (Å²) in [6, 6.07) is 8.72. The summed E-state index contributed by atoms with van der Waals surface area (Å²) < 4.78 is 11.3. The van der Waals surface area contributed by atoms with Gasteiger partial charge in [-0.1, -0.05) is 13.0 Å². The fourth-order valence-corrected chi connectivity index (χ4v) is 3.89. The van der Waals surface area contributed by atoms with Crippen molar-refractivity contribution in [2.24, 2.45) is 0 Å². The number of ether oxygens (including phenoxy) is 2. The van der Waals surface area contributed by atoms with Crippen LogP contribution in [0.4, 0.5) is 0 Å². The van der Waals surface area contributed by atoms with Crippen LogP contribution in [0, 0.1) is 13.8 Å². The van der Waals surface area contributed by atoms with E-state index in [0.29, 0.717) is 13.2 Å². The number of nitrogens with one attached hydrogen (secondary N) is 1. The third-order valence-corrected chi connectivity index (χ3v) is 4.87. The van der Waals surface area contributed by atoms with E-state index in [2.05, 4.69) is 44.3 Å². The average Bonchev–Trinajstić information content (AvgIpc) is 2.83. The highest BCUT2D eigenvalue weighted by molar-refractivity contribution is 7.12. The second-order valence-corrected chi connectivity index (χ2v) is 6.59. The smallest absolute Gasteiger partial charge is 0.161 e. The fraction of sp³-hybridized carbons (Fsp3) is 0.412. The van der Waals surface area contributed by atoms with E-state index < -0.39 is 0 Å². The van der Waals surface area contributed by atoms with Crippen molar-refractivity contribution in [1.29, 1.82) is 0 Å². The first-order valence-electron chi connectivity index (χ1n) is 7.39. The molecule has 0 aliphatic carbocycles. The van der Waals surface area contributed by atoms with E-state index in [0.717, 1.165) is 18.0 Å². The van der Waals surface area contributed by atoms with Gasteiger partial charge in [0.05, 0.1) is 6.04 Å². The summed E-state index contributed by atoms with van der Waals surface area (Å²) >= 11 is 1.86. The van der Waals surface area contributed by atoms with Gasteiger partial charge in [0.25, 0.3) is 0 Å². The van der Waals surface area contributed by atoms with Crippen LogP contribution in [0.2, 0.25) is 0 Å². The molecule has 1 aliphatic rings. The lowest BCUT2D eigenvalue weighted by Crippen LogP contribution is -2.22. The van der Waals surface area contributed by atoms with Crippen molar-refractivity contribution in [3.05, 3.63) is 45.1 Å². The Morgan fingerprint density at radius 1 is 1.14 bits per heavy atom. The molecule has 0 radical (unpaired) electrons. The predicted octanol–water partition coefficient (Wildman–Crippen LogP) is 3.84. The Balaban J connectivity index is 1.99. The minimum Gasteiger partial charge on any atom is -0.486 e. The quantitative estimate of drug-likeness (QED) is 0.931. The number of fused-ring (bicyclic) bond motifs is 1. The molecule has 0 saturated heterocycles. The highest BCUT2D eigenvalue weighted by Crippen LogP contribution is 2.37. The Bertz CT molecular complexity index is 636. The number of aryl methyl sites for hydroxylation is 2. The lowest BCUT2D eigenvalue weighted by Gasteiger charge is -2.22. The standard InChI is InChI=1S/C17H21NO2S/c1-4-18-16(17-11(2)9-12(3)21-17)13-5-6-14-15(10-13)20-8-7-19-14/h5-6,9-10,16,18H,4,7-8H2,1-3H3. The number of thiophene rings is 1. The van der Waals surface area contributed by atoms with E-state index in [1.54, 1.807) is 0 Å². The van der Waals surface area contributed by atoms with Crippen molar-refractivity contribution < 1.29 is 9.47 Å². The number of hydrogen-bond acceptors (Lipinski definition) is 4. The zero-order chi connectivity index (χ0) is 14.8. The van der Waals surface area contributed by atoms with E-state index >= 15 is 0 Å². The van der Waals surface area contributed by atoms with Gasteiger partial charge in [-0.15, -0.1) is 11.3 Å². The molecule has 112 valence electrons. The second kappa shape index (κ2) is 6.08. The molecule has 2 heterocycles. The van der Waals surface area contributed by atoms with Gasteiger partial charge in [0.15, 0.2) is 11.5 Å². The largest absolute Gasteiger partial charge is 0.486 e. The maximum Gasteiger partial charge on any atom is 0.161 e. The maximum absolute atomic E-state index is 5.71. The van der Waals surface area contributed by atoms with Gasteiger partial charge >= 0.3 is 0 Å². The van der Waals surface area contributed by atoms with Crippen molar-refractivity contribution in [2.45, 2.75) is 26.8 Å². The van der Waals surface area contributed by atoms with E-state index in [9.17, 15) is 0 Å². The molecule has 0 amide bonds. The summed E-state index contributed by atoms with van der Waals surface area (Å²) in [5, 5.41) is 3.59. The van der Waals surface area contributed by atoms with Crippen LogP contribution in [-0.4, -0.2) is 19.8 Å². The minimum atomic E-state index is 0.213.